The van der Waals surface area contributed by atoms with Gasteiger partial charge in [0.05, 0.1) is 12.0 Å². The second-order valence-electron chi connectivity index (χ2n) is 2.56. The molecule has 0 aromatic heterocycles. The Labute approximate surface area is 88.1 Å². The van der Waals surface area contributed by atoms with Crippen molar-refractivity contribution in [2.75, 3.05) is 11.9 Å². The summed E-state index contributed by atoms with van der Waals surface area (Å²) in [4.78, 5) is 10.9. The van der Waals surface area contributed by atoms with Crippen molar-refractivity contribution < 1.29 is 9.53 Å². The summed E-state index contributed by atoms with van der Waals surface area (Å²) in [6.45, 7) is 2.55. The molecular formula is C10H11NO2S. The fraction of sp³-hybridized carbons (Fsp3) is 0.200. The molecule has 0 unspecified atom stereocenters. The summed E-state index contributed by atoms with van der Waals surface area (Å²) in [5.41, 5.74) is 0.708. The van der Waals surface area contributed by atoms with Crippen LogP contribution in [-0.4, -0.2) is 17.9 Å². The standard InChI is InChI=1S/C10H11NO2S/c1-2-13-9-5-3-8(4-6-9)11-10(12)7-14/h3-7H,2H2,1H3,(H,11,12). The molecule has 1 rings (SSSR count). The number of rotatable bonds is 4. The zero-order valence-corrected chi connectivity index (χ0v) is 8.64. The Hall–Kier alpha value is -1.42. The van der Waals surface area contributed by atoms with Gasteiger partial charge >= 0.3 is 0 Å². The minimum Gasteiger partial charge on any atom is -0.494 e. The third kappa shape index (κ3) is 3.14. The second-order valence-corrected chi connectivity index (χ2v) is 2.80. The molecular weight excluding hydrogens is 198 g/mol. The lowest BCUT2D eigenvalue weighted by Gasteiger charge is -2.04. The molecule has 0 atom stereocenters. The van der Waals surface area contributed by atoms with E-state index in [1.807, 2.05) is 6.92 Å². The summed E-state index contributed by atoms with van der Waals surface area (Å²) in [6, 6.07) is 7.12. The number of hydrogen-bond acceptors (Lipinski definition) is 3. The number of ether oxygens (including phenoxy) is 1. The lowest BCUT2D eigenvalue weighted by molar-refractivity contribution is -0.109. The molecule has 0 aliphatic rings. The molecule has 14 heavy (non-hydrogen) atoms. The van der Waals surface area contributed by atoms with E-state index < -0.39 is 0 Å². The maximum atomic E-state index is 10.9. The van der Waals surface area contributed by atoms with E-state index in [4.69, 9.17) is 4.74 Å². The summed E-state index contributed by atoms with van der Waals surface area (Å²) in [5, 5.41) is 3.67. The molecule has 0 saturated heterocycles. The van der Waals surface area contributed by atoms with Crippen LogP contribution in [0.1, 0.15) is 6.92 Å². The molecule has 74 valence electrons. The van der Waals surface area contributed by atoms with E-state index >= 15 is 0 Å². The number of hydrogen-bond donors (Lipinski definition) is 1. The van der Waals surface area contributed by atoms with Crippen molar-refractivity contribution in [3.63, 3.8) is 0 Å². The van der Waals surface area contributed by atoms with Crippen LogP contribution in [0.15, 0.2) is 24.3 Å². The molecule has 4 heteroatoms. The van der Waals surface area contributed by atoms with Gasteiger partial charge < -0.3 is 10.1 Å². The second kappa shape index (κ2) is 5.34. The van der Waals surface area contributed by atoms with E-state index in [-0.39, 0.29) is 5.91 Å². The first kappa shape index (κ1) is 10.7. The normalized spacial score (nSPS) is 9.21. The van der Waals surface area contributed by atoms with Gasteiger partial charge in [-0.05, 0) is 31.2 Å². The van der Waals surface area contributed by atoms with Crippen LogP contribution in [0.4, 0.5) is 5.69 Å². The van der Waals surface area contributed by atoms with Gasteiger partial charge in [-0.15, -0.1) is 0 Å². The van der Waals surface area contributed by atoms with Crippen molar-refractivity contribution >= 4 is 29.2 Å². The monoisotopic (exact) mass is 209 g/mol. The van der Waals surface area contributed by atoms with Crippen LogP contribution in [0.2, 0.25) is 0 Å². The van der Waals surface area contributed by atoms with Crippen LogP contribution in [0.3, 0.4) is 0 Å². The molecule has 0 fully saturated rings. The molecule has 1 N–H and O–H groups in total. The maximum absolute atomic E-state index is 10.9. The molecule has 1 amide bonds. The lowest BCUT2D eigenvalue weighted by atomic mass is 10.3. The highest BCUT2D eigenvalue weighted by molar-refractivity contribution is 7.80. The smallest absolute Gasteiger partial charge is 0.259 e. The van der Waals surface area contributed by atoms with Crippen LogP contribution in [0, 0.1) is 0 Å². The van der Waals surface area contributed by atoms with Gasteiger partial charge in [0.25, 0.3) is 5.91 Å². The Morgan fingerprint density at radius 3 is 2.64 bits per heavy atom. The third-order valence-electron chi connectivity index (χ3n) is 1.54. The summed E-state index contributed by atoms with van der Waals surface area (Å²) in [7, 11) is 0. The van der Waals surface area contributed by atoms with Crippen molar-refractivity contribution in [2.24, 2.45) is 0 Å². The number of nitrogens with one attached hydrogen (secondary N) is 1. The summed E-state index contributed by atoms with van der Waals surface area (Å²) < 4.78 is 5.25. The van der Waals surface area contributed by atoms with Gasteiger partial charge in [-0.25, -0.2) is 0 Å². The summed E-state index contributed by atoms with van der Waals surface area (Å²) in [6.07, 6.45) is 0. The predicted octanol–water partition coefficient (Wildman–Crippen LogP) is 2.02. The number of carbonyl (C=O) groups excluding carboxylic acids is 1. The predicted molar refractivity (Wildman–Crippen MR) is 59.9 cm³/mol. The van der Waals surface area contributed by atoms with Crippen LogP contribution < -0.4 is 10.1 Å². The van der Waals surface area contributed by atoms with Crippen molar-refractivity contribution in [1.82, 2.24) is 0 Å². The molecule has 0 radical (unpaired) electrons. The average Bonchev–Trinajstić information content (AvgIpc) is 2.21. The van der Waals surface area contributed by atoms with Gasteiger partial charge in [0, 0.05) is 5.69 Å². The minimum atomic E-state index is -0.288. The number of thiocarbonyl (C=S) groups is 1. The summed E-state index contributed by atoms with van der Waals surface area (Å²) >= 11 is 4.48. The molecule has 0 aliphatic heterocycles. The highest BCUT2D eigenvalue weighted by Gasteiger charge is 1.97. The molecule has 0 heterocycles. The van der Waals surface area contributed by atoms with Gasteiger partial charge in [-0.1, -0.05) is 12.2 Å². The number of benzene rings is 1. The highest BCUT2D eigenvalue weighted by Crippen LogP contribution is 2.15. The Morgan fingerprint density at radius 1 is 1.50 bits per heavy atom. The van der Waals surface area contributed by atoms with Crippen LogP contribution in [-0.2, 0) is 4.79 Å². The Kier molecular flexibility index (Phi) is 4.07. The topological polar surface area (TPSA) is 38.3 Å². The quantitative estimate of drug-likeness (QED) is 0.771. The van der Waals surface area contributed by atoms with E-state index in [2.05, 4.69) is 17.5 Å². The third-order valence-corrected chi connectivity index (χ3v) is 1.75. The maximum Gasteiger partial charge on any atom is 0.259 e. The molecule has 0 aliphatic carbocycles. The van der Waals surface area contributed by atoms with Gasteiger partial charge in [0.15, 0.2) is 0 Å². The molecule has 0 saturated carbocycles. The van der Waals surface area contributed by atoms with Crippen LogP contribution in [0.5, 0.6) is 5.75 Å². The highest BCUT2D eigenvalue weighted by atomic mass is 32.1. The van der Waals surface area contributed by atoms with Crippen LogP contribution in [0.25, 0.3) is 0 Å². The van der Waals surface area contributed by atoms with Gasteiger partial charge in [0.1, 0.15) is 5.75 Å². The molecule has 0 bridgehead atoms. The van der Waals surface area contributed by atoms with E-state index in [1.54, 1.807) is 24.3 Å². The van der Waals surface area contributed by atoms with E-state index in [1.165, 1.54) is 0 Å². The van der Waals surface area contributed by atoms with E-state index in [9.17, 15) is 4.79 Å². The number of amides is 1. The largest absolute Gasteiger partial charge is 0.494 e. The van der Waals surface area contributed by atoms with Crippen molar-refractivity contribution in [3.05, 3.63) is 24.3 Å². The SMILES string of the molecule is CCOc1ccc(NC(=O)C=S)cc1. The average molecular weight is 209 g/mol. The van der Waals surface area contributed by atoms with Gasteiger partial charge in [0.2, 0.25) is 0 Å². The first-order valence-electron chi connectivity index (χ1n) is 4.25. The van der Waals surface area contributed by atoms with Crippen molar-refractivity contribution in [2.45, 2.75) is 6.92 Å². The van der Waals surface area contributed by atoms with E-state index in [0.717, 1.165) is 11.1 Å². The first-order chi connectivity index (χ1) is 6.76. The molecule has 1 aromatic rings. The molecule has 3 nitrogen and oxygen atoms in total. The van der Waals surface area contributed by atoms with Crippen molar-refractivity contribution in [3.8, 4) is 5.75 Å². The van der Waals surface area contributed by atoms with Crippen molar-refractivity contribution in [1.29, 1.82) is 0 Å². The van der Waals surface area contributed by atoms with Gasteiger partial charge in [-0.2, -0.15) is 0 Å². The first-order valence-corrected chi connectivity index (χ1v) is 4.72. The summed E-state index contributed by atoms with van der Waals surface area (Å²) in [5.74, 6) is 0.497. The fourth-order valence-corrected chi connectivity index (χ4v) is 1.03. The fourth-order valence-electron chi connectivity index (χ4n) is 0.973. The Morgan fingerprint density at radius 2 is 2.14 bits per heavy atom. The molecule has 1 aromatic carbocycles. The van der Waals surface area contributed by atoms with Gasteiger partial charge in [-0.3, -0.25) is 4.79 Å². The molecule has 0 spiro atoms. The zero-order chi connectivity index (χ0) is 10.4. The van der Waals surface area contributed by atoms with E-state index in [0.29, 0.717) is 12.3 Å². The minimum absolute atomic E-state index is 0.288. The van der Waals surface area contributed by atoms with Crippen LogP contribution >= 0.6 is 12.2 Å². The zero-order valence-electron chi connectivity index (χ0n) is 7.82. The number of anilines is 1. The Bertz CT molecular complexity index is 321. The number of carbonyl (C=O) groups is 1. The Balaban J connectivity index is 2.63. The lowest BCUT2D eigenvalue weighted by Crippen LogP contribution is -2.10.